The van der Waals surface area contributed by atoms with Crippen molar-refractivity contribution < 1.29 is 14.3 Å². The number of likely N-dealkylation sites (N-methyl/N-ethyl adjacent to an activating group) is 1. The molecule has 2 atom stereocenters. The third-order valence-corrected chi connectivity index (χ3v) is 7.17. The average Bonchev–Trinajstić information content (AvgIpc) is 2.95. The Labute approximate surface area is 222 Å². The lowest BCUT2D eigenvalue weighted by atomic mass is 10.0. The van der Waals surface area contributed by atoms with Gasteiger partial charge in [-0.05, 0) is 37.5 Å². The molecule has 2 N–H and O–H groups in total. The summed E-state index contributed by atoms with van der Waals surface area (Å²) in [6.07, 6.45) is 1.45. The summed E-state index contributed by atoms with van der Waals surface area (Å²) in [7, 11) is 1.44. The van der Waals surface area contributed by atoms with Crippen molar-refractivity contribution in [3.8, 4) is 5.75 Å². The number of hydrogen-bond donors (Lipinski definition) is 2. The number of ether oxygens (including phenoxy) is 1. The molecule has 3 aromatic carbocycles. The van der Waals surface area contributed by atoms with Gasteiger partial charge in [0.15, 0.2) is 5.75 Å². The van der Waals surface area contributed by atoms with E-state index in [-0.39, 0.29) is 53.1 Å². The van der Waals surface area contributed by atoms with E-state index in [4.69, 9.17) is 4.74 Å². The van der Waals surface area contributed by atoms with Gasteiger partial charge in [0, 0.05) is 19.1 Å². The maximum Gasteiger partial charge on any atom is 0.258 e. The summed E-state index contributed by atoms with van der Waals surface area (Å²) in [4.78, 5) is 54.6. The summed E-state index contributed by atoms with van der Waals surface area (Å²) in [5, 5.41) is 6.24. The van der Waals surface area contributed by atoms with Crippen LogP contribution >= 0.6 is 0 Å². The largest absolute Gasteiger partial charge is 0.494 e. The SMILES string of the molecule is CCC(Nc1c(Nc2cccc(C(=O)N3CC(=O)N(CC)C(CC)C3)c2OC)c(=O)c1=O)c1ccccc1. The van der Waals surface area contributed by atoms with Gasteiger partial charge in [-0.15, -0.1) is 0 Å². The molecule has 0 saturated carbocycles. The summed E-state index contributed by atoms with van der Waals surface area (Å²) in [6, 6.07) is 14.5. The van der Waals surface area contributed by atoms with Gasteiger partial charge in [0.05, 0.1) is 24.4 Å². The normalized spacial score (nSPS) is 16.4. The van der Waals surface area contributed by atoms with E-state index >= 15 is 0 Å². The highest BCUT2D eigenvalue weighted by molar-refractivity contribution is 6.01. The molecule has 0 bridgehead atoms. The Morgan fingerprint density at radius 1 is 1.00 bits per heavy atom. The van der Waals surface area contributed by atoms with E-state index in [1.807, 2.05) is 51.1 Å². The van der Waals surface area contributed by atoms with E-state index < -0.39 is 10.9 Å². The van der Waals surface area contributed by atoms with E-state index in [2.05, 4.69) is 10.6 Å². The van der Waals surface area contributed by atoms with Crippen LogP contribution in [0, 0.1) is 0 Å². The summed E-state index contributed by atoms with van der Waals surface area (Å²) in [5.74, 6) is -0.174. The molecule has 2 unspecified atom stereocenters. The van der Waals surface area contributed by atoms with Crippen LogP contribution in [0.3, 0.4) is 0 Å². The summed E-state index contributed by atoms with van der Waals surface area (Å²) in [6.45, 7) is 6.95. The standard InChI is InChI=1S/C29H34N4O5/c1-5-19-16-32(17-23(34)33(19)7-3)29(37)20-14-11-15-22(28(20)38-4)31-25-24(26(35)27(25)36)30-21(6-2)18-12-9-8-10-13-18/h8-15,19,21,30-31H,5-7,16-17H2,1-4H3. The smallest absolute Gasteiger partial charge is 0.258 e. The van der Waals surface area contributed by atoms with Crippen LogP contribution in [0.15, 0.2) is 58.1 Å². The number of carbonyl (C=O) groups excluding carboxylic acids is 2. The Hall–Kier alpha value is -4.14. The lowest BCUT2D eigenvalue weighted by Gasteiger charge is -2.40. The van der Waals surface area contributed by atoms with Crippen LogP contribution in [0.4, 0.5) is 17.1 Å². The van der Waals surface area contributed by atoms with Crippen molar-refractivity contribution >= 4 is 28.9 Å². The first kappa shape index (κ1) is 26.9. The zero-order valence-electron chi connectivity index (χ0n) is 22.2. The number of carbonyl (C=O) groups is 2. The second kappa shape index (κ2) is 11.5. The third kappa shape index (κ3) is 5.01. The van der Waals surface area contributed by atoms with Gasteiger partial charge >= 0.3 is 0 Å². The van der Waals surface area contributed by atoms with E-state index in [1.165, 1.54) is 7.11 Å². The first-order valence-corrected chi connectivity index (χ1v) is 13.0. The monoisotopic (exact) mass is 518 g/mol. The van der Waals surface area contributed by atoms with Crippen LogP contribution < -0.4 is 26.2 Å². The molecule has 200 valence electrons. The first-order chi connectivity index (χ1) is 18.3. The third-order valence-electron chi connectivity index (χ3n) is 7.17. The van der Waals surface area contributed by atoms with Crippen molar-refractivity contribution in [3.63, 3.8) is 0 Å². The number of amides is 2. The molecular weight excluding hydrogens is 484 g/mol. The van der Waals surface area contributed by atoms with Gasteiger partial charge in [-0.3, -0.25) is 19.2 Å². The number of rotatable bonds is 10. The summed E-state index contributed by atoms with van der Waals surface area (Å²) >= 11 is 0. The van der Waals surface area contributed by atoms with Crippen LogP contribution in [-0.4, -0.2) is 54.4 Å². The fourth-order valence-electron chi connectivity index (χ4n) is 5.07. The minimum atomic E-state index is -0.638. The average molecular weight is 519 g/mol. The van der Waals surface area contributed by atoms with Gasteiger partial charge in [0.1, 0.15) is 17.9 Å². The highest BCUT2D eigenvalue weighted by Gasteiger charge is 2.34. The zero-order chi connectivity index (χ0) is 27.4. The van der Waals surface area contributed by atoms with Crippen molar-refractivity contribution in [2.24, 2.45) is 0 Å². The number of benzene rings is 2. The minimum Gasteiger partial charge on any atom is -0.494 e. The van der Waals surface area contributed by atoms with Gasteiger partial charge in [-0.2, -0.15) is 0 Å². The van der Waals surface area contributed by atoms with Crippen LogP contribution in [0.5, 0.6) is 5.75 Å². The molecule has 2 amide bonds. The van der Waals surface area contributed by atoms with Crippen LogP contribution in [0.25, 0.3) is 0 Å². The summed E-state index contributed by atoms with van der Waals surface area (Å²) in [5.41, 5.74) is 0.761. The molecule has 1 saturated heterocycles. The highest BCUT2D eigenvalue weighted by atomic mass is 16.5. The maximum atomic E-state index is 13.5. The molecule has 1 fully saturated rings. The van der Waals surface area contributed by atoms with Gasteiger partial charge in [0.2, 0.25) is 5.91 Å². The predicted octanol–water partition coefficient (Wildman–Crippen LogP) is 3.68. The Bertz CT molecular complexity index is 1380. The van der Waals surface area contributed by atoms with Crippen molar-refractivity contribution in [3.05, 3.63) is 80.1 Å². The van der Waals surface area contributed by atoms with Gasteiger partial charge in [-0.25, -0.2) is 0 Å². The van der Waals surface area contributed by atoms with Gasteiger partial charge in [0.25, 0.3) is 16.8 Å². The Morgan fingerprint density at radius 2 is 1.71 bits per heavy atom. The molecule has 0 radical (unpaired) electrons. The van der Waals surface area contributed by atoms with E-state index in [9.17, 15) is 19.2 Å². The van der Waals surface area contributed by atoms with E-state index in [0.717, 1.165) is 12.0 Å². The van der Waals surface area contributed by atoms with Crippen molar-refractivity contribution in [1.29, 1.82) is 0 Å². The topological polar surface area (TPSA) is 108 Å². The molecule has 0 aliphatic carbocycles. The van der Waals surface area contributed by atoms with Gasteiger partial charge in [-0.1, -0.05) is 50.2 Å². The molecule has 9 nitrogen and oxygen atoms in total. The van der Waals surface area contributed by atoms with Crippen molar-refractivity contribution in [1.82, 2.24) is 9.80 Å². The lowest BCUT2D eigenvalue weighted by Crippen LogP contribution is -2.57. The number of piperazine rings is 1. The predicted molar refractivity (Wildman–Crippen MR) is 148 cm³/mol. The molecule has 1 heterocycles. The molecule has 0 spiro atoms. The zero-order valence-corrected chi connectivity index (χ0v) is 22.2. The fourth-order valence-corrected chi connectivity index (χ4v) is 5.07. The van der Waals surface area contributed by atoms with Crippen LogP contribution in [0.1, 0.15) is 55.6 Å². The second-order valence-corrected chi connectivity index (χ2v) is 9.36. The molecular formula is C29H34N4O5. The molecule has 0 aromatic heterocycles. The maximum absolute atomic E-state index is 13.5. The molecule has 9 heteroatoms. The molecule has 1 aliphatic heterocycles. The van der Waals surface area contributed by atoms with E-state index in [1.54, 1.807) is 28.0 Å². The molecule has 38 heavy (non-hydrogen) atoms. The highest BCUT2D eigenvalue weighted by Crippen LogP contribution is 2.34. The number of para-hydroxylation sites is 1. The Kier molecular flexibility index (Phi) is 8.14. The van der Waals surface area contributed by atoms with Crippen molar-refractivity contribution in [2.45, 2.75) is 45.7 Å². The lowest BCUT2D eigenvalue weighted by molar-refractivity contribution is -0.138. The minimum absolute atomic E-state index is 0.00587. The number of nitrogens with one attached hydrogen (secondary N) is 2. The van der Waals surface area contributed by atoms with Crippen LogP contribution in [0.2, 0.25) is 0 Å². The molecule has 1 aliphatic rings. The Morgan fingerprint density at radius 3 is 2.34 bits per heavy atom. The summed E-state index contributed by atoms with van der Waals surface area (Å²) < 4.78 is 5.60. The quantitative estimate of drug-likeness (QED) is 0.394. The van der Waals surface area contributed by atoms with E-state index in [0.29, 0.717) is 25.2 Å². The number of methoxy groups -OCH3 is 1. The Balaban J connectivity index is 1.60. The molecule has 4 rings (SSSR count). The number of nitrogens with zero attached hydrogens (tertiary/aromatic N) is 2. The van der Waals surface area contributed by atoms with Crippen LogP contribution in [-0.2, 0) is 4.79 Å². The fraction of sp³-hybridized carbons (Fsp3) is 0.379. The number of anilines is 3. The number of hydrogen-bond acceptors (Lipinski definition) is 7. The molecule has 3 aromatic rings. The van der Waals surface area contributed by atoms with Gasteiger partial charge < -0.3 is 25.2 Å². The second-order valence-electron chi connectivity index (χ2n) is 9.36. The van der Waals surface area contributed by atoms with Crippen molar-refractivity contribution in [2.75, 3.05) is 37.4 Å². The first-order valence-electron chi connectivity index (χ1n) is 13.0.